The first-order chi connectivity index (χ1) is 14.4. The van der Waals surface area contributed by atoms with Gasteiger partial charge in [0, 0.05) is 23.2 Å². The first kappa shape index (κ1) is 25.9. The van der Waals surface area contributed by atoms with E-state index < -0.39 is 24.0 Å². The van der Waals surface area contributed by atoms with Crippen LogP contribution in [-0.2, 0) is 11.3 Å². The molecule has 0 fully saturated rings. The van der Waals surface area contributed by atoms with E-state index in [0.717, 1.165) is 30.6 Å². The topological polar surface area (TPSA) is 111 Å². The predicted molar refractivity (Wildman–Crippen MR) is 120 cm³/mol. The predicted octanol–water partition coefficient (Wildman–Crippen LogP) is 2.21. The Bertz CT molecular complexity index is 897. The molecule has 0 heterocycles. The first-order valence-electron chi connectivity index (χ1n) is 9.79. The van der Waals surface area contributed by atoms with Crippen molar-refractivity contribution in [3.8, 4) is 11.8 Å². The van der Waals surface area contributed by atoms with Crippen molar-refractivity contribution in [1.82, 2.24) is 16.1 Å². The number of benzene rings is 2. The van der Waals surface area contributed by atoms with E-state index >= 15 is 0 Å². The fourth-order valence-electron chi connectivity index (χ4n) is 2.66. The third kappa shape index (κ3) is 8.22. The number of hydrogen-bond donors (Lipinski definition) is 5. The summed E-state index contributed by atoms with van der Waals surface area (Å²) in [6.07, 6.45) is -0.0663. The largest absolute Gasteiger partial charge is 0.391 e. The van der Waals surface area contributed by atoms with E-state index in [1.54, 1.807) is 24.3 Å². The number of nitrogens with one attached hydrogen (secondary N) is 3. The molecule has 31 heavy (non-hydrogen) atoms. The number of carbonyl (C=O) groups excluding carboxylic acids is 2. The summed E-state index contributed by atoms with van der Waals surface area (Å²) in [6, 6.07) is 13.3. The van der Waals surface area contributed by atoms with Crippen molar-refractivity contribution in [1.29, 1.82) is 0 Å². The second kappa shape index (κ2) is 13.2. The Hall–Kier alpha value is -3.18. The average Bonchev–Trinajstić information content (AvgIpc) is 2.76. The van der Waals surface area contributed by atoms with Crippen molar-refractivity contribution in [3.05, 3.63) is 70.8 Å². The zero-order valence-corrected chi connectivity index (χ0v) is 17.1. The number of rotatable bonds is 8. The highest BCUT2D eigenvalue weighted by molar-refractivity contribution is 5.97. The third-order valence-corrected chi connectivity index (χ3v) is 4.37. The second-order valence-electron chi connectivity index (χ2n) is 6.87. The van der Waals surface area contributed by atoms with Crippen molar-refractivity contribution >= 4 is 11.8 Å². The van der Waals surface area contributed by atoms with E-state index in [1.807, 2.05) is 24.3 Å². The average molecular weight is 426 g/mol. The molecule has 0 aromatic heterocycles. The van der Waals surface area contributed by atoms with Crippen LogP contribution in [0.15, 0.2) is 48.5 Å². The Morgan fingerprint density at radius 1 is 1.00 bits per heavy atom. The van der Waals surface area contributed by atoms with Gasteiger partial charge in [0.2, 0.25) is 0 Å². The molecule has 0 unspecified atom stereocenters. The zero-order valence-electron chi connectivity index (χ0n) is 17.1. The Balaban J connectivity index is 0.00000480. The Kier molecular flexibility index (Phi) is 11.0. The summed E-state index contributed by atoms with van der Waals surface area (Å²) in [4.78, 5) is 23.8. The number of hydrogen-bond acceptors (Lipinski definition) is 5. The molecular weight excluding hydrogens is 394 g/mol. The Morgan fingerprint density at radius 3 is 2.03 bits per heavy atom. The standard InChI is InChI=1S/C23H27N3O4.CH4/c1-3-14-24-15-19-8-6-17(7-9-19)4-5-18-10-12-20(13-11-18)22(28)25-21(16(2)27)23(29)26-30;/h6-13,16,21,24,27,30H,3,14-15H2,1-2H3,(H,25,28)(H,26,29);1H4/t16-,21+;/m1./s1. The summed E-state index contributed by atoms with van der Waals surface area (Å²) in [6.45, 7) is 5.30. The molecule has 0 spiro atoms. The molecule has 7 heteroatoms. The summed E-state index contributed by atoms with van der Waals surface area (Å²) in [5.74, 6) is 4.70. The normalized spacial score (nSPS) is 11.9. The smallest absolute Gasteiger partial charge is 0.268 e. The quantitative estimate of drug-likeness (QED) is 0.193. The lowest BCUT2D eigenvalue weighted by Crippen LogP contribution is -2.51. The van der Waals surface area contributed by atoms with Crippen LogP contribution in [0.2, 0.25) is 0 Å². The van der Waals surface area contributed by atoms with Crippen molar-refractivity contribution in [3.63, 3.8) is 0 Å². The lowest BCUT2D eigenvalue weighted by atomic mass is 10.1. The highest BCUT2D eigenvalue weighted by atomic mass is 16.5. The minimum Gasteiger partial charge on any atom is -0.391 e. The van der Waals surface area contributed by atoms with Crippen LogP contribution < -0.4 is 16.1 Å². The summed E-state index contributed by atoms with van der Waals surface area (Å²) < 4.78 is 0. The summed E-state index contributed by atoms with van der Waals surface area (Å²) in [5.41, 5.74) is 4.57. The molecule has 0 aliphatic carbocycles. The fourth-order valence-corrected chi connectivity index (χ4v) is 2.66. The van der Waals surface area contributed by atoms with Gasteiger partial charge in [-0.2, -0.15) is 0 Å². The van der Waals surface area contributed by atoms with Crippen LogP contribution in [0.4, 0.5) is 0 Å². The highest BCUT2D eigenvalue weighted by Crippen LogP contribution is 2.07. The molecule has 2 aromatic carbocycles. The van der Waals surface area contributed by atoms with Crippen LogP contribution in [0.3, 0.4) is 0 Å². The Morgan fingerprint density at radius 2 is 1.55 bits per heavy atom. The molecule has 5 N–H and O–H groups in total. The van der Waals surface area contributed by atoms with Crippen LogP contribution in [0.1, 0.15) is 54.7 Å². The van der Waals surface area contributed by atoms with Gasteiger partial charge in [0.25, 0.3) is 11.8 Å². The monoisotopic (exact) mass is 425 g/mol. The van der Waals surface area contributed by atoms with Crippen LogP contribution in [0, 0.1) is 11.8 Å². The number of aliphatic hydroxyl groups is 1. The van der Waals surface area contributed by atoms with Gasteiger partial charge in [0.05, 0.1) is 6.10 Å². The lowest BCUT2D eigenvalue weighted by Gasteiger charge is -2.19. The van der Waals surface area contributed by atoms with Gasteiger partial charge in [-0.05, 0) is 61.9 Å². The van der Waals surface area contributed by atoms with E-state index in [2.05, 4.69) is 29.4 Å². The van der Waals surface area contributed by atoms with E-state index in [0.29, 0.717) is 5.56 Å². The third-order valence-electron chi connectivity index (χ3n) is 4.37. The zero-order chi connectivity index (χ0) is 21.9. The molecule has 0 aliphatic heterocycles. The van der Waals surface area contributed by atoms with Gasteiger partial charge >= 0.3 is 0 Å². The summed E-state index contributed by atoms with van der Waals surface area (Å²) in [5, 5.41) is 24.0. The molecule has 2 atom stereocenters. The second-order valence-corrected chi connectivity index (χ2v) is 6.87. The number of carbonyl (C=O) groups is 2. The molecule has 2 amide bonds. The van der Waals surface area contributed by atoms with Crippen molar-refractivity contribution in [2.45, 2.75) is 46.4 Å². The van der Waals surface area contributed by atoms with Gasteiger partial charge in [-0.15, -0.1) is 0 Å². The van der Waals surface area contributed by atoms with E-state index in [-0.39, 0.29) is 7.43 Å². The minimum atomic E-state index is -1.26. The summed E-state index contributed by atoms with van der Waals surface area (Å²) >= 11 is 0. The maximum absolute atomic E-state index is 12.3. The van der Waals surface area contributed by atoms with Crippen molar-refractivity contribution in [2.75, 3.05) is 6.54 Å². The van der Waals surface area contributed by atoms with Crippen LogP contribution in [0.5, 0.6) is 0 Å². The van der Waals surface area contributed by atoms with Crippen molar-refractivity contribution < 1.29 is 19.9 Å². The first-order valence-corrected chi connectivity index (χ1v) is 9.79. The molecule has 0 saturated carbocycles. The highest BCUT2D eigenvalue weighted by Gasteiger charge is 2.25. The van der Waals surface area contributed by atoms with Crippen LogP contribution >= 0.6 is 0 Å². The molecule has 0 radical (unpaired) electrons. The SMILES string of the molecule is C.CCCNCc1ccc(C#Cc2ccc(C(=O)N[C@H](C(=O)NO)[C@@H](C)O)cc2)cc1. The van der Waals surface area contributed by atoms with E-state index in [9.17, 15) is 14.7 Å². The number of aliphatic hydroxyl groups excluding tert-OH is 1. The minimum absolute atomic E-state index is 0. The number of hydroxylamine groups is 1. The number of amides is 2. The molecule has 0 saturated heterocycles. The van der Waals surface area contributed by atoms with Crippen LogP contribution in [0.25, 0.3) is 0 Å². The molecule has 0 bridgehead atoms. The van der Waals surface area contributed by atoms with Gasteiger partial charge < -0.3 is 15.7 Å². The maximum atomic E-state index is 12.3. The van der Waals surface area contributed by atoms with Crippen LogP contribution in [-0.4, -0.2) is 40.8 Å². The maximum Gasteiger partial charge on any atom is 0.268 e. The Labute approximate surface area is 183 Å². The summed E-state index contributed by atoms with van der Waals surface area (Å²) in [7, 11) is 0. The van der Waals surface area contributed by atoms with Gasteiger partial charge in [-0.3, -0.25) is 14.8 Å². The van der Waals surface area contributed by atoms with Gasteiger partial charge in [-0.25, -0.2) is 5.48 Å². The van der Waals surface area contributed by atoms with Crippen molar-refractivity contribution in [2.24, 2.45) is 0 Å². The van der Waals surface area contributed by atoms with Gasteiger partial charge in [0.1, 0.15) is 6.04 Å². The molecule has 0 aliphatic rings. The van der Waals surface area contributed by atoms with E-state index in [4.69, 9.17) is 5.21 Å². The molecule has 2 aromatic rings. The van der Waals surface area contributed by atoms with Gasteiger partial charge in [0.15, 0.2) is 0 Å². The fraction of sp³-hybridized carbons (Fsp3) is 0.333. The molecule has 2 rings (SSSR count). The molecule has 166 valence electrons. The lowest BCUT2D eigenvalue weighted by molar-refractivity contribution is -0.133. The molecular formula is C24H31N3O4. The van der Waals surface area contributed by atoms with Gasteiger partial charge in [-0.1, -0.05) is 38.3 Å². The molecule has 7 nitrogen and oxygen atoms in total. The van der Waals surface area contributed by atoms with E-state index in [1.165, 1.54) is 18.0 Å².